The second kappa shape index (κ2) is 4.69. The number of aromatic nitrogens is 6. The van der Waals surface area contributed by atoms with Crippen molar-refractivity contribution in [3.05, 3.63) is 46.2 Å². The molecule has 3 aromatic heterocycles. The lowest BCUT2D eigenvalue weighted by molar-refractivity contribution is 0.631. The third-order valence-corrected chi connectivity index (χ3v) is 3.47. The number of hydrogen-bond donors (Lipinski definition) is 0. The van der Waals surface area contributed by atoms with Crippen LogP contribution in [0.4, 0.5) is 0 Å². The van der Waals surface area contributed by atoms with Crippen LogP contribution in [-0.2, 0) is 20.0 Å². The summed E-state index contributed by atoms with van der Waals surface area (Å²) in [6.07, 6.45) is 4.51. The average molecular weight is 260 g/mol. The van der Waals surface area contributed by atoms with E-state index in [9.17, 15) is 0 Å². The van der Waals surface area contributed by atoms with Gasteiger partial charge in [0.05, 0.1) is 12.7 Å². The van der Waals surface area contributed by atoms with Crippen LogP contribution in [0.3, 0.4) is 0 Å². The van der Waals surface area contributed by atoms with Crippen LogP contribution in [0.25, 0.3) is 0 Å². The molecule has 0 atom stereocenters. The number of hydrogen-bond acceptors (Lipinski definition) is 5. The summed E-state index contributed by atoms with van der Waals surface area (Å²) >= 11 is 1.71. The average Bonchev–Trinajstić information content (AvgIpc) is 3.05. The Hall–Kier alpha value is -2.02. The van der Waals surface area contributed by atoms with E-state index >= 15 is 0 Å². The topological polar surface area (TPSA) is 61.4 Å². The van der Waals surface area contributed by atoms with Crippen molar-refractivity contribution in [3.8, 4) is 0 Å². The molecular weight excluding hydrogens is 248 g/mol. The van der Waals surface area contributed by atoms with Gasteiger partial charge in [-0.1, -0.05) is 6.07 Å². The third-order valence-electron chi connectivity index (χ3n) is 2.61. The summed E-state index contributed by atoms with van der Waals surface area (Å²) < 4.78 is 3.61. The van der Waals surface area contributed by atoms with Gasteiger partial charge in [0, 0.05) is 24.5 Å². The highest BCUT2D eigenvalue weighted by Crippen LogP contribution is 2.12. The fourth-order valence-electron chi connectivity index (χ4n) is 1.77. The van der Waals surface area contributed by atoms with Crippen LogP contribution in [0.1, 0.15) is 16.3 Å². The minimum Gasteiger partial charge on any atom is -0.276 e. The van der Waals surface area contributed by atoms with Crippen molar-refractivity contribution in [3.63, 3.8) is 0 Å². The lowest BCUT2D eigenvalue weighted by Gasteiger charge is -2.01. The second-order valence-electron chi connectivity index (χ2n) is 4.03. The normalized spacial score (nSPS) is 10.9. The van der Waals surface area contributed by atoms with Gasteiger partial charge >= 0.3 is 0 Å². The molecule has 0 aliphatic heterocycles. The van der Waals surface area contributed by atoms with E-state index in [1.165, 1.54) is 4.88 Å². The zero-order chi connectivity index (χ0) is 12.4. The van der Waals surface area contributed by atoms with E-state index in [0.29, 0.717) is 6.42 Å². The van der Waals surface area contributed by atoms with E-state index in [0.717, 1.165) is 17.9 Å². The minimum atomic E-state index is 0.701. The van der Waals surface area contributed by atoms with Gasteiger partial charge in [-0.3, -0.25) is 4.68 Å². The highest BCUT2D eigenvalue weighted by molar-refractivity contribution is 7.09. The predicted octanol–water partition coefficient (Wildman–Crippen LogP) is 1.11. The molecule has 0 aromatic carbocycles. The van der Waals surface area contributed by atoms with Crippen molar-refractivity contribution < 1.29 is 0 Å². The summed E-state index contributed by atoms with van der Waals surface area (Å²) in [5, 5.41) is 18.0. The fraction of sp³-hybridized carbons (Fsp3) is 0.273. The van der Waals surface area contributed by atoms with Gasteiger partial charge in [0.1, 0.15) is 0 Å². The molecule has 18 heavy (non-hydrogen) atoms. The molecule has 0 radical (unpaired) electrons. The van der Waals surface area contributed by atoms with Gasteiger partial charge in [-0.15, -0.1) is 16.4 Å². The first-order chi connectivity index (χ1) is 8.81. The largest absolute Gasteiger partial charge is 0.276 e. The highest BCUT2D eigenvalue weighted by Gasteiger charge is 2.09. The molecule has 3 heterocycles. The molecule has 0 aliphatic rings. The third kappa shape index (κ3) is 2.30. The lowest BCUT2D eigenvalue weighted by atomic mass is 10.2. The molecule has 0 N–H and O–H groups in total. The summed E-state index contributed by atoms with van der Waals surface area (Å²) in [4.78, 5) is 1.25. The maximum Gasteiger partial charge on any atom is 0.156 e. The Morgan fingerprint density at radius 3 is 3.06 bits per heavy atom. The first-order valence-electron chi connectivity index (χ1n) is 5.56. The number of rotatable bonds is 4. The van der Waals surface area contributed by atoms with Crippen LogP contribution in [0.2, 0.25) is 0 Å². The Balaban J connectivity index is 1.79. The molecule has 6 nitrogen and oxygen atoms in total. The van der Waals surface area contributed by atoms with E-state index in [1.807, 2.05) is 30.2 Å². The molecule has 0 saturated heterocycles. The number of thiophene rings is 1. The van der Waals surface area contributed by atoms with E-state index in [1.54, 1.807) is 16.0 Å². The summed E-state index contributed by atoms with van der Waals surface area (Å²) in [7, 11) is 1.90. The fourth-order valence-corrected chi connectivity index (χ4v) is 2.45. The zero-order valence-electron chi connectivity index (χ0n) is 9.89. The Morgan fingerprint density at radius 2 is 2.33 bits per heavy atom. The van der Waals surface area contributed by atoms with Gasteiger partial charge in [0.2, 0.25) is 0 Å². The Bertz CT molecular complexity index is 624. The van der Waals surface area contributed by atoms with Crippen LogP contribution in [0, 0.1) is 0 Å². The van der Waals surface area contributed by atoms with Crippen molar-refractivity contribution >= 4 is 11.3 Å². The van der Waals surface area contributed by atoms with Crippen LogP contribution in [0.5, 0.6) is 0 Å². The van der Waals surface area contributed by atoms with Crippen LogP contribution in [-0.4, -0.2) is 30.0 Å². The van der Waals surface area contributed by atoms with Gasteiger partial charge in [0.25, 0.3) is 0 Å². The lowest BCUT2D eigenvalue weighted by Crippen LogP contribution is -2.06. The molecule has 0 saturated carbocycles. The van der Waals surface area contributed by atoms with Crippen LogP contribution >= 0.6 is 11.3 Å². The van der Waals surface area contributed by atoms with Crippen molar-refractivity contribution in [1.29, 1.82) is 0 Å². The molecule has 0 spiro atoms. The maximum atomic E-state index is 4.14. The SMILES string of the molecule is Cn1cc(Cc2nnnn2Cc2cccs2)cn1. The molecule has 0 unspecified atom stereocenters. The number of nitrogens with zero attached hydrogens (tertiary/aromatic N) is 6. The standard InChI is InChI=1S/C11H12N6S/c1-16-7-9(6-12-16)5-11-13-14-15-17(11)8-10-3-2-4-18-10/h2-4,6-7H,5,8H2,1H3. The van der Waals surface area contributed by atoms with Gasteiger partial charge in [-0.25, -0.2) is 4.68 Å². The molecule has 0 amide bonds. The number of tetrazole rings is 1. The van der Waals surface area contributed by atoms with Gasteiger partial charge in [0.15, 0.2) is 5.82 Å². The summed E-state index contributed by atoms with van der Waals surface area (Å²) in [5.74, 6) is 0.858. The van der Waals surface area contributed by atoms with Crippen molar-refractivity contribution in [2.45, 2.75) is 13.0 Å². The molecular formula is C11H12N6S. The maximum absolute atomic E-state index is 4.14. The molecule has 3 aromatic rings. The summed E-state index contributed by atoms with van der Waals surface area (Å²) in [6.45, 7) is 0.722. The molecule has 92 valence electrons. The quantitative estimate of drug-likeness (QED) is 0.705. The number of aryl methyl sites for hydroxylation is 1. The van der Waals surface area contributed by atoms with Crippen LogP contribution in [0.15, 0.2) is 29.9 Å². The Morgan fingerprint density at radius 1 is 1.39 bits per heavy atom. The Labute approximate surface area is 108 Å². The predicted molar refractivity (Wildman–Crippen MR) is 67.3 cm³/mol. The van der Waals surface area contributed by atoms with Gasteiger partial charge < -0.3 is 0 Å². The second-order valence-corrected chi connectivity index (χ2v) is 5.06. The molecule has 7 heteroatoms. The van der Waals surface area contributed by atoms with Gasteiger partial charge in [-0.05, 0) is 27.4 Å². The van der Waals surface area contributed by atoms with Crippen LogP contribution < -0.4 is 0 Å². The summed E-state index contributed by atoms with van der Waals surface area (Å²) in [5.41, 5.74) is 1.11. The monoisotopic (exact) mass is 260 g/mol. The Kier molecular flexibility index (Phi) is 2.89. The minimum absolute atomic E-state index is 0.701. The molecule has 0 bridgehead atoms. The summed E-state index contributed by atoms with van der Waals surface area (Å²) in [6, 6.07) is 4.12. The van der Waals surface area contributed by atoms with Crippen molar-refractivity contribution in [2.75, 3.05) is 0 Å². The first-order valence-corrected chi connectivity index (χ1v) is 6.44. The molecule has 3 rings (SSSR count). The molecule has 0 aliphatic carbocycles. The zero-order valence-corrected chi connectivity index (χ0v) is 10.7. The van der Waals surface area contributed by atoms with E-state index < -0.39 is 0 Å². The smallest absolute Gasteiger partial charge is 0.156 e. The van der Waals surface area contributed by atoms with E-state index in [2.05, 4.69) is 32.1 Å². The van der Waals surface area contributed by atoms with Crippen molar-refractivity contribution in [1.82, 2.24) is 30.0 Å². The van der Waals surface area contributed by atoms with E-state index in [-0.39, 0.29) is 0 Å². The highest BCUT2D eigenvalue weighted by atomic mass is 32.1. The first kappa shape index (κ1) is 11.1. The molecule has 0 fully saturated rings. The van der Waals surface area contributed by atoms with Gasteiger partial charge in [-0.2, -0.15) is 5.10 Å². The van der Waals surface area contributed by atoms with E-state index in [4.69, 9.17) is 0 Å². The van der Waals surface area contributed by atoms with Crippen molar-refractivity contribution in [2.24, 2.45) is 7.05 Å².